The minimum Gasteiger partial charge on any atom is -0.377 e. The van der Waals surface area contributed by atoms with E-state index in [1.165, 1.54) is 17.7 Å². The van der Waals surface area contributed by atoms with E-state index in [1.54, 1.807) is 12.1 Å². The Labute approximate surface area is 112 Å². The van der Waals surface area contributed by atoms with Gasteiger partial charge in [0, 0.05) is 11.3 Å². The van der Waals surface area contributed by atoms with Crippen molar-refractivity contribution in [3.05, 3.63) is 65.5 Å². The molecule has 0 unspecified atom stereocenters. The molecule has 2 aromatic carbocycles. The molecule has 0 saturated carbocycles. The van der Waals surface area contributed by atoms with Gasteiger partial charge in [-0.25, -0.2) is 4.39 Å². The zero-order chi connectivity index (χ0) is 13.7. The summed E-state index contributed by atoms with van der Waals surface area (Å²) in [7, 11) is 0. The smallest absolute Gasteiger partial charge is 0.181 e. The number of Topliss-reactive ketones (excluding diaryl/α,β-unsaturated/α-hetero) is 1. The van der Waals surface area contributed by atoms with E-state index in [0.29, 0.717) is 11.3 Å². The van der Waals surface area contributed by atoms with Crippen LogP contribution in [0.2, 0.25) is 0 Å². The molecule has 0 bridgehead atoms. The zero-order valence-electron chi connectivity index (χ0n) is 10.8. The summed E-state index contributed by atoms with van der Waals surface area (Å²) < 4.78 is 13.0. The first-order valence-corrected chi connectivity index (χ1v) is 6.30. The molecule has 0 radical (unpaired) electrons. The lowest BCUT2D eigenvalue weighted by atomic mass is 10.1. The maximum absolute atomic E-state index is 13.0. The monoisotopic (exact) mass is 257 g/mol. The number of hydrogen-bond donors (Lipinski definition) is 1. The molecule has 0 fully saturated rings. The van der Waals surface area contributed by atoms with Crippen molar-refractivity contribution in [2.75, 3.05) is 11.9 Å². The lowest BCUT2D eigenvalue weighted by Crippen LogP contribution is -2.14. The predicted octanol–water partition coefficient (Wildman–Crippen LogP) is 3.68. The SMILES string of the molecule is CCc1ccc(C(=O)CNc2cccc(F)c2)cc1. The van der Waals surface area contributed by atoms with Crippen LogP contribution in [0.25, 0.3) is 0 Å². The van der Waals surface area contributed by atoms with Gasteiger partial charge >= 0.3 is 0 Å². The molecule has 0 atom stereocenters. The summed E-state index contributed by atoms with van der Waals surface area (Å²) in [5, 5.41) is 2.92. The Morgan fingerprint density at radius 2 is 1.89 bits per heavy atom. The van der Waals surface area contributed by atoms with E-state index in [2.05, 4.69) is 12.2 Å². The maximum atomic E-state index is 13.0. The van der Waals surface area contributed by atoms with E-state index in [0.717, 1.165) is 6.42 Å². The van der Waals surface area contributed by atoms with E-state index in [-0.39, 0.29) is 18.1 Å². The van der Waals surface area contributed by atoms with Crippen LogP contribution in [0.4, 0.5) is 10.1 Å². The quantitative estimate of drug-likeness (QED) is 0.828. The molecular formula is C16H16FNO. The Kier molecular flexibility index (Phi) is 4.29. The summed E-state index contributed by atoms with van der Waals surface area (Å²) in [5.41, 5.74) is 2.48. The highest BCUT2D eigenvalue weighted by molar-refractivity contribution is 5.98. The summed E-state index contributed by atoms with van der Waals surface area (Å²) in [4.78, 5) is 11.9. The maximum Gasteiger partial charge on any atom is 0.181 e. The third kappa shape index (κ3) is 3.65. The first-order valence-electron chi connectivity index (χ1n) is 6.30. The van der Waals surface area contributed by atoms with Gasteiger partial charge in [0.15, 0.2) is 5.78 Å². The summed E-state index contributed by atoms with van der Waals surface area (Å²) in [6.07, 6.45) is 0.954. The van der Waals surface area contributed by atoms with Gasteiger partial charge in [0.2, 0.25) is 0 Å². The van der Waals surface area contributed by atoms with Crippen LogP contribution >= 0.6 is 0 Å². The Morgan fingerprint density at radius 3 is 2.53 bits per heavy atom. The van der Waals surface area contributed by atoms with Gasteiger partial charge in [0.05, 0.1) is 6.54 Å². The number of benzene rings is 2. The number of hydrogen-bond acceptors (Lipinski definition) is 2. The van der Waals surface area contributed by atoms with Crippen LogP contribution < -0.4 is 5.32 Å². The van der Waals surface area contributed by atoms with Crippen molar-refractivity contribution in [3.63, 3.8) is 0 Å². The number of aryl methyl sites for hydroxylation is 1. The lowest BCUT2D eigenvalue weighted by molar-refractivity contribution is 0.101. The normalized spacial score (nSPS) is 10.2. The molecule has 2 rings (SSSR count). The van der Waals surface area contributed by atoms with Crippen LogP contribution in [0, 0.1) is 5.82 Å². The lowest BCUT2D eigenvalue weighted by Gasteiger charge is -2.06. The van der Waals surface area contributed by atoms with E-state index >= 15 is 0 Å². The largest absolute Gasteiger partial charge is 0.377 e. The van der Waals surface area contributed by atoms with Crippen LogP contribution in [-0.4, -0.2) is 12.3 Å². The molecular weight excluding hydrogens is 241 g/mol. The number of anilines is 1. The number of carbonyl (C=O) groups excluding carboxylic acids is 1. The number of halogens is 1. The molecule has 2 aromatic rings. The van der Waals surface area contributed by atoms with Crippen molar-refractivity contribution in [2.45, 2.75) is 13.3 Å². The third-order valence-corrected chi connectivity index (χ3v) is 2.96. The molecule has 98 valence electrons. The average Bonchev–Trinajstić information content (AvgIpc) is 2.45. The van der Waals surface area contributed by atoms with Gasteiger partial charge in [-0.1, -0.05) is 37.3 Å². The number of rotatable bonds is 5. The highest BCUT2D eigenvalue weighted by Crippen LogP contribution is 2.10. The molecule has 0 aliphatic carbocycles. The van der Waals surface area contributed by atoms with Crippen LogP contribution in [0.3, 0.4) is 0 Å². The number of ketones is 1. The van der Waals surface area contributed by atoms with Crippen molar-refractivity contribution in [3.8, 4) is 0 Å². The van der Waals surface area contributed by atoms with E-state index in [4.69, 9.17) is 0 Å². The van der Waals surface area contributed by atoms with Crippen molar-refractivity contribution >= 4 is 11.5 Å². The van der Waals surface area contributed by atoms with Gasteiger partial charge in [-0.05, 0) is 30.2 Å². The topological polar surface area (TPSA) is 29.1 Å². The summed E-state index contributed by atoms with van der Waals surface area (Å²) >= 11 is 0. The minimum absolute atomic E-state index is 0.00749. The third-order valence-electron chi connectivity index (χ3n) is 2.96. The zero-order valence-corrected chi connectivity index (χ0v) is 10.8. The van der Waals surface area contributed by atoms with Gasteiger partial charge in [-0.3, -0.25) is 4.79 Å². The van der Waals surface area contributed by atoms with Gasteiger partial charge in [-0.15, -0.1) is 0 Å². The summed E-state index contributed by atoms with van der Waals surface area (Å²) in [5.74, 6) is -0.323. The minimum atomic E-state index is -0.315. The van der Waals surface area contributed by atoms with Crippen LogP contribution in [0.1, 0.15) is 22.8 Å². The van der Waals surface area contributed by atoms with Gasteiger partial charge in [-0.2, -0.15) is 0 Å². The Balaban J connectivity index is 1.97. The van der Waals surface area contributed by atoms with Crippen molar-refractivity contribution in [1.29, 1.82) is 0 Å². The fourth-order valence-electron chi connectivity index (χ4n) is 1.81. The molecule has 1 N–H and O–H groups in total. The number of nitrogens with one attached hydrogen (secondary N) is 1. The van der Waals surface area contributed by atoms with Crippen LogP contribution in [-0.2, 0) is 6.42 Å². The fraction of sp³-hybridized carbons (Fsp3) is 0.188. The van der Waals surface area contributed by atoms with Gasteiger partial charge in [0.1, 0.15) is 5.82 Å². The molecule has 0 amide bonds. The highest BCUT2D eigenvalue weighted by atomic mass is 19.1. The van der Waals surface area contributed by atoms with Crippen molar-refractivity contribution in [2.24, 2.45) is 0 Å². The van der Waals surface area contributed by atoms with Gasteiger partial charge in [0.25, 0.3) is 0 Å². The second kappa shape index (κ2) is 6.14. The molecule has 0 spiro atoms. The van der Waals surface area contributed by atoms with Gasteiger partial charge < -0.3 is 5.32 Å². The number of carbonyl (C=O) groups is 1. The fourth-order valence-corrected chi connectivity index (χ4v) is 1.81. The first kappa shape index (κ1) is 13.3. The molecule has 0 aromatic heterocycles. The summed E-state index contributed by atoms with van der Waals surface area (Å²) in [6, 6.07) is 13.6. The second-order valence-electron chi connectivity index (χ2n) is 4.34. The van der Waals surface area contributed by atoms with E-state index < -0.39 is 0 Å². The Bertz CT molecular complexity index is 563. The van der Waals surface area contributed by atoms with Crippen molar-refractivity contribution in [1.82, 2.24) is 0 Å². The first-order chi connectivity index (χ1) is 9.19. The second-order valence-corrected chi connectivity index (χ2v) is 4.34. The molecule has 0 aliphatic rings. The Hall–Kier alpha value is -2.16. The molecule has 0 saturated heterocycles. The predicted molar refractivity (Wildman–Crippen MR) is 75.0 cm³/mol. The molecule has 0 aliphatic heterocycles. The van der Waals surface area contributed by atoms with Crippen molar-refractivity contribution < 1.29 is 9.18 Å². The summed E-state index contributed by atoms with van der Waals surface area (Å²) in [6.45, 7) is 2.23. The molecule has 3 heteroatoms. The molecule has 0 heterocycles. The molecule has 2 nitrogen and oxygen atoms in total. The standard InChI is InChI=1S/C16H16FNO/c1-2-12-6-8-13(9-7-12)16(19)11-18-15-5-3-4-14(17)10-15/h3-10,18H,2,11H2,1H3. The van der Waals surface area contributed by atoms with E-state index in [9.17, 15) is 9.18 Å². The molecule has 19 heavy (non-hydrogen) atoms. The van der Waals surface area contributed by atoms with Crippen LogP contribution in [0.5, 0.6) is 0 Å². The highest BCUT2D eigenvalue weighted by Gasteiger charge is 2.05. The Morgan fingerprint density at radius 1 is 1.16 bits per heavy atom. The van der Waals surface area contributed by atoms with E-state index in [1.807, 2.05) is 24.3 Å². The average molecular weight is 257 g/mol. The van der Waals surface area contributed by atoms with Crippen LogP contribution in [0.15, 0.2) is 48.5 Å².